The molecule has 0 amide bonds. The first-order valence-electron chi connectivity index (χ1n) is 7.72. The molecule has 1 heterocycles. The van der Waals surface area contributed by atoms with Crippen molar-refractivity contribution in [3.8, 4) is 11.5 Å². The monoisotopic (exact) mass is 449 g/mol. The van der Waals surface area contributed by atoms with Gasteiger partial charge in [-0.3, -0.25) is 4.99 Å². The van der Waals surface area contributed by atoms with Gasteiger partial charge in [-0.2, -0.15) is 0 Å². The standard InChI is InChI=1S/C19H19N3O2.HI/c20-19(21-12-11-16-10-5-13-23-16)22-15-6-4-9-18(14-15)24-17-7-2-1-3-8-17;/h1-10,13-14H,11-12H2,(H3,20,21,22);1H. The summed E-state index contributed by atoms with van der Waals surface area (Å²) in [5, 5.41) is 3.07. The summed E-state index contributed by atoms with van der Waals surface area (Å²) in [7, 11) is 0. The molecule has 3 rings (SSSR count). The number of anilines is 1. The molecule has 0 saturated heterocycles. The Labute approximate surface area is 163 Å². The van der Waals surface area contributed by atoms with Crippen molar-refractivity contribution >= 4 is 35.6 Å². The van der Waals surface area contributed by atoms with Crippen molar-refractivity contribution in [3.63, 3.8) is 0 Å². The lowest BCUT2D eigenvalue weighted by molar-refractivity contribution is 0.483. The van der Waals surface area contributed by atoms with Crippen molar-refractivity contribution in [3.05, 3.63) is 78.8 Å². The van der Waals surface area contributed by atoms with Gasteiger partial charge >= 0.3 is 0 Å². The molecule has 0 saturated carbocycles. The van der Waals surface area contributed by atoms with Crippen LogP contribution in [0.25, 0.3) is 0 Å². The van der Waals surface area contributed by atoms with E-state index in [1.165, 1.54) is 0 Å². The number of nitrogens with zero attached hydrogens (tertiary/aromatic N) is 1. The number of para-hydroxylation sites is 1. The van der Waals surface area contributed by atoms with Crippen LogP contribution in [0.4, 0.5) is 5.69 Å². The fraction of sp³-hybridized carbons (Fsp3) is 0.105. The minimum atomic E-state index is 0. The van der Waals surface area contributed by atoms with Gasteiger partial charge in [0, 0.05) is 24.7 Å². The van der Waals surface area contributed by atoms with E-state index in [0.29, 0.717) is 18.9 Å². The van der Waals surface area contributed by atoms with Crippen molar-refractivity contribution < 1.29 is 9.15 Å². The van der Waals surface area contributed by atoms with Crippen molar-refractivity contribution in [1.82, 2.24) is 0 Å². The Morgan fingerprint density at radius 2 is 1.80 bits per heavy atom. The molecule has 25 heavy (non-hydrogen) atoms. The van der Waals surface area contributed by atoms with E-state index in [4.69, 9.17) is 14.9 Å². The number of ether oxygens (including phenoxy) is 1. The molecule has 0 atom stereocenters. The third-order valence-corrected chi connectivity index (χ3v) is 3.31. The van der Waals surface area contributed by atoms with E-state index in [1.54, 1.807) is 6.26 Å². The second-order valence-corrected chi connectivity index (χ2v) is 5.16. The molecule has 6 heteroatoms. The number of rotatable bonds is 6. The summed E-state index contributed by atoms with van der Waals surface area (Å²) in [5.41, 5.74) is 6.74. The van der Waals surface area contributed by atoms with Gasteiger partial charge in [-0.05, 0) is 36.4 Å². The van der Waals surface area contributed by atoms with Gasteiger partial charge in [-0.15, -0.1) is 24.0 Å². The number of guanidine groups is 1. The number of hydrogen-bond donors (Lipinski definition) is 2. The second kappa shape index (κ2) is 9.73. The van der Waals surface area contributed by atoms with Crippen LogP contribution in [0, 0.1) is 0 Å². The molecule has 0 unspecified atom stereocenters. The smallest absolute Gasteiger partial charge is 0.193 e. The molecule has 3 N–H and O–H groups in total. The molecule has 3 aromatic rings. The summed E-state index contributed by atoms with van der Waals surface area (Å²) in [5.74, 6) is 2.77. The Balaban J connectivity index is 0.00000225. The summed E-state index contributed by atoms with van der Waals surface area (Å²) >= 11 is 0. The summed E-state index contributed by atoms with van der Waals surface area (Å²) < 4.78 is 11.1. The molecule has 0 bridgehead atoms. The van der Waals surface area contributed by atoms with Crippen LogP contribution >= 0.6 is 24.0 Å². The topological polar surface area (TPSA) is 72.8 Å². The van der Waals surface area contributed by atoms with E-state index in [9.17, 15) is 0 Å². The van der Waals surface area contributed by atoms with Crippen molar-refractivity contribution in [2.24, 2.45) is 10.7 Å². The summed E-state index contributed by atoms with van der Waals surface area (Å²) in [6.45, 7) is 0.562. The lowest BCUT2D eigenvalue weighted by atomic mass is 10.3. The highest BCUT2D eigenvalue weighted by Gasteiger charge is 2.00. The van der Waals surface area contributed by atoms with Gasteiger partial charge in [0.25, 0.3) is 0 Å². The van der Waals surface area contributed by atoms with Crippen molar-refractivity contribution in [2.45, 2.75) is 6.42 Å². The first-order chi connectivity index (χ1) is 11.8. The second-order valence-electron chi connectivity index (χ2n) is 5.16. The zero-order valence-electron chi connectivity index (χ0n) is 13.6. The number of halogens is 1. The van der Waals surface area contributed by atoms with Gasteiger partial charge in [-0.25, -0.2) is 0 Å². The first-order valence-corrected chi connectivity index (χ1v) is 7.72. The minimum absolute atomic E-state index is 0. The van der Waals surface area contributed by atoms with E-state index >= 15 is 0 Å². The van der Waals surface area contributed by atoms with Crippen molar-refractivity contribution in [1.29, 1.82) is 0 Å². The van der Waals surface area contributed by atoms with Gasteiger partial charge in [0.05, 0.1) is 6.26 Å². The Morgan fingerprint density at radius 3 is 2.56 bits per heavy atom. The van der Waals surface area contributed by atoms with Crippen LogP contribution in [-0.2, 0) is 6.42 Å². The highest BCUT2D eigenvalue weighted by atomic mass is 127. The molecule has 0 aliphatic heterocycles. The summed E-state index contributed by atoms with van der Waals surface area (Å²) in [4.78, 5) is 4.29. The first kappa shape index (κ1) is 18.9. The van der Waals surface area contributed by atoms with Crippen LogP contribution in [0.5, 0.6) is 11.5 Å². The summed E-state index contributed by atoms with van der Waals surface area (Å²) in [6.07, 6.45) is 2.37. The van der Waals surface area contributed by atoms with Crippen LogP contribution in [0.15, 0.2) is 82.4 Å². The number of aliphatic imine (C=N–C) groups is 1. The normalized spacial score (nSPS) is 10.8. The minimum Gasteiger partial charge on any atom is -0.469 e. The Kier molecular flexibility index (Phi) is 7.34. The van der Waals surface area contributed by atoms with Crippen molar-refractivity contribution in [2.75, 3.05) is 11.9 Å². The number of furan rings is 1. The number of benzene rings is 2. The van der Waals surface area contributed by atoms with E-state index in [-0.39, 0.29) is 24.0 Å². The third-order valence-electron chi connectivity index (χ3n) is 3.31. The van der Waals surface area contributed by atoms with E-state index < -0.39 is 0 Å². The maximum atomic E-state index is 5.92. The molecule has 0 spiro atoms. The largest absolute Gasteiger partial charge is 0.469 e. The average molecular weight is 449 g/mol. The summed E-state index contributed by atoms with van der Waals surface area (Å²) in [6, 6.07) is 21.0. The maximum Gasteiger partial charge on any atom is 0.193 e. The fourth-order valence-electron chi connectivity index (χ4n) is 2.19. The predicted octanol–water partition coefficient (Wildman–Crippen LogP) is 4.66. The molecular weight excluding hydrogens is 429 g/mol. The van der Waals surface area contributed by atoms with Gasteiger partial charge in [0.15, 0.2) is 5.96 Å². The average Bonchev–Trinajstić information content (AvgIpc) is 3.09. The molecule has 0 aliphatic rings. The zero-order valence-corrected chi connectivity index (χ0v) is 15.9. The van der Waals surface area contributed by atoms with Crippen LogP contribution in [-0.4, -0.2) is 12.5 Å². The Hall–Kier alpha value is -2.48. The van der Waals surface area contributed by atoms with Crippen LogP contribution in [0.1, 0.15) is 5.76 Å². The highest BCUT2D eigenvalue weighted by Crippen LogP contribution is 2.23. The Morgan fingerprint density at radius 1 is 1.00 bits per heavy atom. The predicted molar refractivity (Wildman–Crippen MR) is 111 cm³/mol. The highest BCUT2D eigenvalue weighted by molar-refractivity contribution is 14.0. The lowest BCUT2D eigenvalue weighted by Crippen LogP contribution is -2.23. The molecule has 5 nitrogen and oxygen atoms in total. The van der Waals surface area contributed by atoms with Gasteiger partial charge in [-0.1, -0.05) is 24.3 Å². The molecule has 0 aliphatic carbocycles. The SMILES string of the molecule is I.NC(=NCCc1ccco1)Nc1cccc(Oc2ccccc2)c1. The molecule has 0 fully saturated rings. The number of hydrogen-bond acceptors (Lipinski definition) is 3. The number of nitrogens with two attached hydrogens (primary N) is 1. The quantitative estimate of drug-likeness (QED) is 0.326. The third kappa shape index (κ3) is 6.15. The van der Waals surface area contributed by atoms with E-state index in [0.717, 1.165) is 22.9 Å². The van der Waals surface area contributed by atoms with Gasteiger partial charge < -0.3 is 20.2 Å². The molecule has 1 aromatic heterocycles. The lowest BCUT2D eigenvalue weighted by Gasteiger charge is -2.09. The maximum absolute atomic E-state index is 5.92. The zero-order chi connectivity index (χ0) is 16.6. The van der Waals surface area contributed by atoms with E-state index in [1.807, 2.05) is 66.7 Å². The van der Waals surface area contributed by atoms with E-state index in [2.05, 4.69) is 10.3 Å². The Bertz CT molecular complexity index is 789. The van der Waals surface area contributed by atoms with Crippen LogP contribution in [0.3, 0.4) is 0 Å². The molecule has 2 aromatic carbocycles. The molecule has 130 valence electrons. The van der Waals surface area contributed by atoms with Crippen LogP contribution < -0.4 is 15.8 Å². The van der Waals surface area contributed by atoms with Gasteiger partial charge in [0.1, 0.15) is 17.3 Å². The fourth-order valence-corrected chi connectivity index (χ4v) is 2.19. The van der Waals surface area contributed by atoms with Gasteiger partial charge in [0.2, 0.25) is 0 Å². The molecule has 0 radical (unpaired) electrons. The van der Waals surface area contributed by atoms with Crippen LogP contribution in [0.2, 0.25) is 0 Å². The number of nitrogens with one attached hydrogen (secondary N) is 1. The molecular formula is C19H20IN3O2.